The van der Waals surface area contributed by atoms with Crippen molar-refractivity contribution < 1.29 is 33.2 Å². The number of ether oxygens (including phenoxy) is 2. The average Bonchev–Trinajstić information content (AvgIpc) is 2.54. The molecule has 0 radical (unpaired) electrons. The fraction of sp³-hybridized carbons (Fsp3) is 0.267. The van der Waals surface area contributed by atoms with Gasteiger partial charge >= 0.3 is 17.6 Å². The lowest BCUT2D eigenvalue weighted by atomic mass is 10.2. The molecule has 0 aromatic heterocycles. The molecule has 25 heavy (non-hydrogen) atoms. The highest BCUT2D eigenvalue weighted by Crippen LogP contribution is 2.21. The fourth-order valence-electron chi connectivity index (χ4n) is 1.57. The maximum Gasteiger partial charge on any atom is 0.331 e. The van der Waals surface area contributed by atoms with Crippen LogP contribution >= 0.6 is 0 Å². The maximum atomic E-state index is 13.2. The predicted molar refractivity (Wildman–Crippen MR) is 83.0 cm³/mol. The Labute approximate surface area is 141 Å². The van der Waals surface area contributed by atoms with Gasteiger partial charge in [-0.2, -0.15) is 4.39 Å². The van der Waals surface area contributed by atoms with Crippen LogP contribution in [-0.2, 0) is 23.9 Å². The van der Waals surface area contributed by atoms with E-state index in [1.54, 1.807) is 6.92 Å². The second-order valence-corrected chi connectivity index (χ2v) is 4.58. The van der Waals surface area contributed by atoms with Crippen LogP contribution in [-0.4, -0.2) is 35.5 Å². The fourth-order valence-corrected chi connectivity index (χ4v) is 1.57. The van der Waals surface area contributed by atoms with Gasteiger partial charge in [0.15, 0.2) is 6.10 Å². The first-order chi connectivity index (χ1) is 11.7. The molecule has 1 aromatic carbocycles. The zero-order chi connectivity index (χ0) is 19.0. The summed E-state index contributed by atoms with van der Waals surface area (Å²) in [6.07, 6.45) is 0.382. The van der Waals surface area contributed by atoms with Gasteiger partial charge in [0.05, 0.1) is 11.5 Å². The van der Waals surface area contributed by atoms with Crippen LogP contribution < -0.4 is 5.32 Å². The summed E-state index contributed by atoms with van der Waals surface area (Å²) in [5, 5.41) is 12.9. The number of anilines is 1. The van der Waals surface area contributed by atoms with E-state index in [1.165, 1.54) is 6.92 Å². The predicted octanol–water partition coefficient (Wildman–Crippen LogP) is 1.72. The molecule has 0 fully saturated rings. The zero-order valence-corrected chi connectivity index (χ0v) is 13.4. The molecule has 0 saturated carbocycles. The van der Waals surface area contributed by atoms with Crippen LogP contribution in [0.15, 0.2) is 30.4 Å². The minimum absolute atomic E-state index is 0.0388. The van der Waals surface area contributed by atoms with Crippen LogP contribution in [0.3, 0.4) is 0 Å². The lowest BCUT2D eigenvalue weighted by Gasteiger charge is -2.12. The van der Waals surface area contributed by atoms with Crippen LogP contribution in [0.25, 0.3) is 0 Å². The molecule has 0 unspecified atom stereocenters. The molecule has 0 aliphatic carbocycles. The highest BCUT2D eigenvalue weighted by atomic mass is 19.1. The third-order valence-corrected chi connectivity index (χ3v) is 2.71. The summed E-state index contributed by atoms with van der Waals surface area (Å²) in [5.74, 6) is -3.54. The number of nitro groups is 1. The molecule has 10 heteroatoms. The number of benzene rings is 1. The third-order valence-electron chi connectivity index (χ3n) is 2.71. The molecule has 0 aliphatic heterocycles. The van der Waals surface area contributed by atoms with Crippen LogP contribution in [0.1, 0.15) is 13.8 Å². The number of amides is 1. The highest BCUT2D eigenvalue weighted by Gasteiger charge is 2.19. The molecule has 1 aromatic rings. The van der Waals surface area contributed by atoms with E-state index in [0.717, 1.165) is 30.4 Å². The Hall–Kier alpha value is -3.30. The van der Waals surface area contributed by atoms with E-state index in [9.17, 15) is 28.9 Å². The van der Waals surface area contributed by atoms with Gasteiger partial charge in [-0.25, -0.2) is 9.59 Å². The van der Waals surface area contributed by atoms with Gasteiger partial charge < -0.3 is 14.8 Å². The van der Waals surface area contributed by atoms with Gasteiger partial charge in [0.2, 0.25) is 5.82 Å². The normalized spacial score (nSPS) is 11.6. The summed E-state index contributed by atoms with van der Waals surface area (Å²) in [5.41, 5.74) is -0.845. The number of esters is 2. The van der Waals surface area contributed by atoms with Crippen molar-refractivity contribution in [3.8, 4) is 0 Å². The summed E-state index contributed by atoms with van der Waals surface area (Å²) in [6.45, 7) is 2.99. The molecule has 1 rings (SSSR count). The molecule has 1 atom stereocenters. The molecule has 1 amide bonds. The smallest absolute Gasteiger partial charge is 0.331 e. The van der Waals surface area contributed by atoms with E-state index in [0.29, 0.717) is 0 Å². The standard InChI is InChI=1S/C15H15FN2O7/c1-3-24-13(19)6-7-14(20)25-9(2)15(21)17-10-4-5-11(16)12(8-10)18(22)23/h4-9H,3H2,1-2H3,(H,17,21)/b7-6+/t9-/m0/s1. The van der Waals surface area contributed by atoms with Gasteiger partial charge in [-0.05, 0) is 26.0 Å². The lowest BCUT2D eigenvalue weighted by molar-refractivity contribution is -0.387. The monoisotopic (exact) mass is 354 g/mol. The number of nitrogens with zero attached hydrogens (tertiary/aromatic N) is 1. The summed E-state index contributed by atoms with van der Waals surface area (Å²) in [6, 6.07) is 2.78. The van der Waals surface area contributed by atoms with Crippen LogP contribution in [0.4, 0.5) is 15.8 Å². The second kappa shape index (κ2) is 9.11. The summed E-state index contributed by atoms with van der Waals surface area (Å²) >= 11 is 0. The molecule has 0 heterocycles. The quantitative estimate of drug-likeness (QED) is 0.342. The third kappa shape index (κ3) is 6.37. The zero-order valence-electron chi connectivity index (χ0n) is 13.4. The Morgan fingerprint density at radius 2 is 1.96 bits per heavy atom. The van der Waals surface area contributed by atoms with Crippen LogP contribution in [0, 0.1) is 15.9 Å². The Morgan fingerprint density at radius 1 is 1.32 bits per heavy atom. The highest BCUT2D eigenvalue weighted by molar-refractivity contribution is 5.97. The molecule has 0 spiro atoms. The number of nitro benzene ring substituents is 1. The molecule has 1 N–H and O–H groups in total. The SMILES string of the molecule is CCOC(=O)/C=C/C(=O)O[C@@H](C)C(=O)Nc1ccc(F)c([N+](=O)[O-])c1. The van der Waals surface area contributed by atoms with Gasteiger partial charge in [-0.3, -0.25) is 14.9 Å². The van der Waals surface area contributed by atoms with E-state index in [1.807, 2.05) is 0 Å². The van der Waals surface area contributed by atoms with E-state index in [4.69, 9.17) is 4.74 Å². The number of carbonyl (C=O) groups is 3. The molecule has 9 nitrogen and oxygen atoms in total. The van der Waals surface area contributed by atoms with Crippen molar-refractivity contribution >= 4 is 29.2 Å². The van der Waals surface area contributed by atoms with Crippen molar-refractivity contribution in [2.75, 3.05) is 11.9 Å². The molecule has 0 saturated heterocycles. The topological polar surface area (TPSA) is 125 Å². The van der Waals surface area contributed by atoms with Gasteiger partial charge in [-0.15, -0.1) is 0 Å². The van der Waals surface area contributed by atoms with E-state index in [-0.39, 0.29) is 12.3 Å². The Morgan fingerprint density at radius 3 is 2.56 bits per heavy atom. The van der Waals surface area contributed by atoms with Crippen LogP contribution in [0.2, 0.25) is 0 Å². The first-order valence-corrected chi connectivity index (χ1v) is 7.04. The number of hydrogen-bond donors (Lipinski definition) is 1. The number of halogens is 1. The van der Waals surface area contributed by atoms with Gasteiger partial charge in [0, 0.05) is 23.9 Å². The number of hydrogen-bond acceptors (Lipinski definition) is 7. The largest absolute Gasteiger partial charge is 0.463 e. The minimum Gasteiger partial charge on any atom is -0.463 e. The van der Waals surface area contributed by atoms with E-state index < -0.39 is 40.4 Å². The lowest BCUT2D eigenvalue weighted by Crippen LogP contribution is -2.29. The summed E-state index contributed by atoms with van der Waals surface area (Å²) in [7, 11) is 0. The van der Waals surface area contributed by atoms with Crippen LogP contribution in [0.5, 0.6) is 0 Å². The molecule has 0 aliphatic rings. The van der Waals surface area contributed by atoms with Gasteiger partial charge in [0.25, 0.3) is 5.91 Å². The Balaban J connectivity index is 2.65. The number of rotatable bonds is 7. The van der Waals surface area contributed by atoms with E-state index >= 15 is 0 Å². The second-order valence-electron chi connectivity index (χ2n) is 4.58. The van der Waals surface area contributed by atoms with Gasteiger partial charge in [-0.1, -0.05) is 0 Å². The van der Waals surface area contributed by atoms with Crippen molar-refractivity contribution in [3.63, 3.8) is 0 Å². The molecule has 134 valence electrons. The van der Waals surface area contributed by atoms with Gasteiger partial charge in [0.1, 0.15) is 0 Å². The van der Waals surface area contributed by atoms with Crippen molar-refractivity contribution in [1.29, 1.82) is 0 Å². The number of carbonyl (C=O) groups excluding carboxylic acids is 3. The molecule has 0 bridgehead atoms. The maximum absolute atomic E-state index is 13.2. The minimum atomic E-state index is -1.26. The summed E-state index contributed by atoms with van der Waals surface area (Å²) < 4.78 is 22.6. The molecular weight excluding hydrogens is 339 g/mol. The van der Waals surface area contributed by atoms with Crippen molar-refractivity contribution in [2.45, 2.75) is 20.0 Å². The Kier molecular flexibility index (Phi) is 7.19. The summed E-state index contributed by atoms with van der Waals surface area (Å²) in [4.78, 5) is 44.1. The van der Waals surface area contributed by atoms with Crippen molar-refractivity contribution in [1.82, 2.24) is 0 Å². The van der Waals surface area contributed by atoms with Crippen molar-refractivity contribution in [3.05, 3.63) is 46.3 Å². The number of nitrogens with one attached hydrogen (secondary N) is 1. The molecular formula is C15H15FN2O7. The first-order valence-electron chi connectivity index (χ1n) is 7.04. The first kappa shape index (κ1) is 19.7. The Bertz CT molecular complexity index is 718. The van der Waals surface area contributed by atoms with E-state index in [2.05, 4.69) is 10.1 Å². The average molecular weight is 354 g/mol. The van der Waals surface area contributed by atoms with Crippen molar-refractivity contribution in [2.24, 2.45) is 0 Å².